The highest BCUT2D eigenvalue weighted by Crippen LogP contribution is 2.26. The molecule has 0 bridgehead atoms. The number of aliphatic carboxylic acids is 1. The summed E-state index contributed by atoms with van der Waals surface area (Å²) in [6.45, 7) is 4.54. The minimum absolute atomic E-state index is 0.645. The summed E-state index contributed by atoms with van der Waals surface area (Å²) < 4.78 is 1.01. The minimum atomic E-state index is -0.813. The van der Waals surface area contributed by atoms with Gasteiger partial charge in [0.15, 0.2) is 0 Å². The number of hydrogen-bond acceptors (Lipinski definition) is 4. The zero-order chi connectivity index (χ0) is 15.7. The van der Waals surface area contributed by atoms with E-state index in [0.29, 0.717) is 6.42 Å². The number of carboxylic acids is 1. The molecule has 0 saturated heterocycles. The molecule has 1 rings (SSSR count). The van der Waals surface area contributed by atoms with Crippen LogP contribution in [0.25, 0.3) is 0 Å². The zero-order valence-corrected chi connectivity index (χ0v) is 15.0. The van der Waals surface area contributed by atoms with Crippen LogP contribution in [-0.4, -0.2) is 33.9 Å². The number of pyridine rings is 1. The SMILES string of the molecule is CCCNC(C)(CCCCSc1ncccc1Br)C(=O)O. The fraction of sp³-hybridized carbons (Fsp3) is 0.600. The van der Waals surface area contributed by atoms with Gasteiger partial charge in [-0.3, -0.25) is 4.79 Å². The predicted octanol–water partition coefficient (Wildman–Crippen LogP) is 3.95. The fourth-order valence-electron chi connectivity index (χ4n) is 1.90. The summed E-state index contributed by atoms with van der Waals surface area (Å²) in [5.74, 6) is 0.176. The van der Waals surface area contributed by atoms with Gasteiger partial charge in [-0.05, 0) is 66.5 Å². The van der Waals surface area contributed by atoms with Crippen LogP contribution < -0.4 is 5.32 Å². The van der Waals surface area contributed by atoms with Crippen molar-refractivity contribution in [2.75, 3.05) is 12.3 Å². The Balaban J connectivity index is 2.32. The Morgan fingerprint density at radius 2 is 2.29 bits per heavy atom. The molecule has 1 heterocycles. The lowest BCUT2D eigenvalue weighted by Crippen LogP contribution is -2.49. The predicted molar refractivity (Wildman–Crippen MR) is 90.8 cm³/mol. The molecule has 0 aromatic carbocycles. The van der Waals surface area contributed by atoms with Gasteiger partial charge >= 0.3 is 5.97 Å². The van der Waals surface area contributed by atoms with Crippen molar-refractivity contribution in [2.45, 2.75) is 50.1 Å². The molecular weight excluding hydrogens is 352 g/mol. The van der Waals surface area contributed by atoms with Gasteiger partial charge in [0.1, 0.15) is 10.6 Å². The van der Waals surface area contributed by atoms with Crippen LogP contribution in [0.5, 0.6) is 0 Å². The van der Waals surface area contributed by atoms with Crippen molar-refractivity contribution < 1.29 is 9.90 Å². The summed E-state index contributed by atoms with van der Waals surface area (Å²) in [5, 5.41) is 13.5. The second-order valence-electron chi connectivity index (χ2n) is 5.16. The van der Waals surface area contributed by atoms with E-state index >= 15 is 0 Å². The average Bonchev–Trinajstić information content (AvgIpc) is 2.46. The van der Waals surface area contributed by atoms with Crippen molar-refractivity contribution in [1.82, 2.24) is 10.3 Å². The summed E-state index contributed by atoms with van der Waals surface area (Å²) in [4.78, 5) is 15.7. The Bertz CT molecular complexity index is 459. The van der Waals surface area contributed by atoms with E-state index in [1.165, 1.54) is 0 Å². The van der Waals surface area contributed by atoms with E-state index in [1.54, 1.807) is 24.9 Å². The number of unbranched alkanes of at least 4 members (excludes halogenated alkanes) is 1. The molecule has 21 heavy (non-hydrogen) atoms. The summed E-state index contributed by atoms with van der Waals surface area (Å²) >= 11 is 5.17. The van der Waals surface area contributed by atoms with Crippen LogP contribution in [0.1, 0.15) is 39.5 Å². The Labute approximate surface area is 139 Å². The molecule has 1 aromatic heterocycles. The number of nitrogens with zero attached hydrogens (tertiary/aromatic N) is 1. The third-order valence-corrected chi connectivity index (χ3v) is 5.27. The van der Waals surface area contributed by atoms with Crippen LogP contribution in [0.4, 0.5) is 0 Å². The Hall–Kier alpha value is -0.590. The van der Waals surface area contributed by atoms with Crippen molar-refractivity contribution in [1.29, 1.82) is 0 Å². The highest BCUT2D eigenvalue weighted by Gasteiger charge is 2.31. The standard InChI is InChI=1S/C15H23BrN2O2S/c1-3-9-18-15(2,14(19)20)8-4-5-11-21-13-12(16)7-6-10-17-13/h6-7,10,18H,3-5,8-9,11H2,1-2H3,(H,19,20). The lowest BCUT2D eigenvalue weighted by atomic mass is 9.95. The number of nitrogens with one attached hydrogen (secondary N) is 1. The van der Waals surface area contributed by atoms with E-state index in [1.807, 2.05) is 19.1 Å². The fourth-order valence-corrected chi connectivity index (χ4v) is 3.38. The second kappa shape index (κ2) is 9.43. The van der Waals surface area contributed by atoms with Gasteiger partial charge in [0.2, 0.25) is 0 Å². The highest BCUT2D eigenvalue weighted by atomic mass is 79.9. The summed E-state index contributed by atoms with van der Waals surface area (Å²) in [7, 11) is 0. The van der Waals surface area contributed by atoms with Crippen LogP contribution in [0.15, 0.2) is 27.8 Å². The Morgan fingerprint density at radius 1 is 1.52 bits per heavy atom. The Kier molecular flexibility index (Phi) is 8.29. The third kappa shape index (κ3) is 6.36. The number of hydrogen-bond donors (Lipinski definition) is 2. The van der Waals surface area contributed by atoms with Crippen molar-refractivity contribution in [3.05, 3.63) is 22.8 Å². The van der Waals surface area contributed by atoms with Gasteiger partial charge in [-0.25, -0.2) is 4.98 Å². The topological polar surface area (TPSA) is 62.2 Å². The first-order chi connectivity index (χ1) is 9.99. The van der Waals surface area contributed by atoms with Gasteiger partial charge in [0, 0.05) is 10.7 Å². The van der Waals surface area contributed by atoms with Crippen LogP contribution >= 0.6 is 27.7 Å². The average molecular weight is 375 g/mol. The summed E-state index contributed by atoms with van der Waals surface area (Å²) in [5.41, 5.74) is -0.813. The maximum absolute atomic E-state index is 11.4. The van der Waals surface area contributed by atoms with Gasteiger partial charge in [-0.2, -0.15) is 0 Å². The Morgan fingerprint density at radius 3 is 2.90 bits per heavy atom. The van der Waals surface area contributed by atoms with Crippen molar-refractivity contribution in [3.8, 4) is 0 Å². The van der Waals surface area contributed by atoms with Gasteiger partial charge in [-0.1, -0.05) is 13.3 Å². The van der Waals surface area contributed by atoms with E-state index in [-0.39, 0.29) is 0 Å². The molecule has 0 aliphatic rings. The number of thioether (sulfide) groups is 1. The van der Waals surface area contributed by atoms with E-state index in [2.05, 4.69) is 26.2 Å². The molecule has 0 amide bonds. The molecule has 2 N–H and O–H groups in total. The van der Waals surface area contributed by atoms with E-state index in [4.69, 9.17) is 0 Å². The molecule has 118 valence electrons. The van der Waals surface area contributed by atoms with E-state index in [9.17, 15) is 9.90 Å². The van der Waals surface area contributed by atoms with Crippen LogP contribution in [0.3, 0.4) is 0 Å². The molecule has 0 fully saturated rings. The van der Waals surface area contributed by atoms with Crippen LogP contribution in [-0.2, 0) is 4.79 Å². The van der Waals surface area contributed by atoms with Crippen molar-refractivity contribution in [2.24, 2.45) is 0 Å². The monoisotopic (exact) mass is 374 g/mol. The summed E-state index contributed by atoms with van der Waals surface area (Å²) in [6.07, 6.45) is 5.23. The summed E-state index contributed by atoms with van der Waals surface area (Å²) in [6, 6.07) is 3.87. The maximum atomic E-state index is 11.4. The molecule has 0 aliphatic carbocycles. The third-order valence-electron chi connectivity index (χ3n) is 3.27. The van der Waals surface area contributed by atoms with Crippen molar-refractivity contribution in [3.63, 3.8) is 0 Å². The normalized spacial score (nSPS) is 13.9. The van der Waals surface area contributed by atoms with Gasteiger partial charge in [-0.15, -0.1) is 11.8 Å². The lowest BCUT2D eigenvalue weighted by Gasteiger charge is -2.26. The number of aromatic nitrogens is 1. The molecular formula is C15H23BrN2O2S. The molecule has 1 atom stereocenters. The smallest absolute Gasteiger partial charge is 0.323 e. The highest BCUT2D eigenvalue weighted by molar-refractivity contribution is 9.10. The first-order valence-corrected chi connectivity index (χ1v) is 8.99. The van der Waals surface area contributed by atoms with Crippen LogP contribution in [0.2, 0.25) is 0 Å². The van der Waals surface area contributed by atoms with Crippen LogP contribution in [0, 0.1) is 0 Å². The molecule has 1 unspecified atom stereocenters. The molecule has 6 heteroatoms. The largest absolute Gasteiger partial charge is 0.480 e. The van der Waals surface area contributed by atoms with Crippen molar-refractivity contribution >= 4 is 33.7 Å². The van der Waals surface area contributed by atoms with E-state index < -0.39 is 11.5 Å². The van der Waals surface area contributed by atoms with E-state index in [0.717, 1.165) is 41.1 Å². The lowest BCUT2D eigenvalue weighted by molar-refractivity contribution is -0.144. The number of rotatable bonds is 10. The first-order valence-electron chi connectivity index (χ1n) is 7.21. The molecule has 0 aliphatic heterocycles. The number of carbonyl (C=O) groups is 1. The minimum Gasteiger partial charge on any atom is -0.480 e. The molecule has 0 spiro atoms. The number of halogens is 1. The molecule has 4 nitrogen and oxygen atoms in total. The van der Waals surface area contributed by atoms with Gasteiger partial charge < -0.3 is 10.4 Å². The molecule has 1 aromatic rings. The zero-order valence-electron chi connectivity index (χ0n) is 12.6. The number of carboxylic acid groups (broad SMARTS) is 1. The quantitative estimate of drug-likeness (QED) is 0.479. The first kappa shape index (κ1) is 18.5. The second-order valence-corrected chi connectivity index (χ2v) is 7.10. The molecule has 0 saturated carbocycles. The maximum Gasteiger partial charge on any atom is 0.323 e. The van der Waals surface area contributed by atoms with Gasteiger partial charge in [0.25, 0.3) is 0 Å². The van der Waals surface area contributed by atoms with Gasteiger partial charge in [0.05, 0.1) is 0 Å². The molecule has 0 radical (unpaired) electrons.